The molecule has 0 spiro atoms. The average Bonchev–Trinajstić information content (AvgIpc) is 2.36. The Bertz CT molecular complexity index is 425. The quantitative estimate of drug-likeness (QED) is 0.914. The Morgan fingerprint density at radius 3 is 3.00 bits per heavy atom. The second-order valence-corrected chi connectivity index (χ2v) is 5.82. The third-order valence-corrected chi connectivity index (χ3v) is 4.06. The van der Waals surface area contributed by atoms with Crippen LogP contribution in [0, 0.1) is 5.82 Å². The van der Waals surface area contributed by atoms with E-state index in [1.165, 1.54) is 6.42 Å². The lowest BCUT2D eigenvalue weighted by Gasteiger charge is -2.36. The molecule has 0 aliphatic carbocycles. The zero-order valence-corrected chi connectivity index (χ0v) is 12.0. The lowest BCUT2D eigenvalue weighted by atomic mass is 9.96. The third-order valence-electron chi connectivity index (χ3n) is 3.77. The van der Waals surface area contributed by atoms with Crippen LogP contribution in [0.1, 0.15) is 38.2 Å². The number of likely N-dealkylation sites (tertiary alicyclic amines) is 1. The van der Waals surface area contributed by atoms with Gasteiger partial charge in [0.25, 0.3) is 0 Å². The van der Waals surface area contributed by atoms with Crippen LogP contribution in [0.4, 0.5) is 4.39 Å². The van der Waals surface area contributed by atoms with E-state index in [-0.39, 0.29) is 16.9 Å². The number of benzene rings is 1. The van der Waals surface area contributed by atoms with Crippen molar-refractivity contribution in [2.75, 3.05) is 6.54 Å². The maximum Gasteiger partial charge on any atom is 0.146 e. The molecule has 2 nitrogen and oxygen atoms in total. The summed E-state index contributed by atoms with van der Waals surface area (Å²) >= 11 is 5.82. The predicted molar refractivity (Wildman–Crippen MR) is 75.8 cm³/mol. The molecule has 2 rings (SSSR count). The van der Waals surface area contributed by atoms with E-state index in [2.05, 4.69) is 4.90 Å². The van der Waals surface area contributed by atoms with E-state index < -0.39 is 0 Å². The van der Waals surface area contributed by atoms with E-state index in [0.717, 1.165) is 25.8 Å². The number of halogens is 2. The average molecular weight is 286 g/mol. The Morgan fingerprint density at radius 1 is 1.47 bits per heavy atom. The number of hydrogen-bond donors (Lipinski definition) is 1. The molecular formula is C15H21ClFNO. The largest absolute Gasteiger partial charge is 0.393 e. The van der Waals surface area contributed by atoms with Crippen molar-refractivity contribution in [2.45, 2.75) is 51.3 Å². The molecule has 0 radical (unpaired) electrons. The molecule has 0 bridgehead atoms. The molecule has 106 valence electrons. The number of hydrogen-bond acceptors (Lipinski definition) is 2. The van der Waals surface area contributed by atoms with Gasteiger partial charge in [-0.2, -0.15) is 0 Å². The molecule has 1 aromatic carbocycles. The first-order valence-electron chi connectivity index (χ1n) is 6.93. The molecule has 2 atom stereocenters. The fourth-order valence-corrected chi connectivity index (χ4v) is 3.01. The van der Waals surface area contributed by atoms with Gasteiger partial charge in [0, 0.05) is 18.2 Å². The van der Waals surface area contributed by atoms with Gasteiger partial charge in [0.1, 0.15) is 5.82 Å². The smallest absolute Gasteiger partial charge is 0.146 e. The molecule has 1 aromatic rings. The van der Waals surface area contributed by atoms with Crippen molar-refractivity contribution in [1.82, 2.24) is 4.90 Å². The normalized spacial score (nSPS) is 22.4. The van der Waals surface area contributed by atoms with Gasteiger partial charge < -0.3 is 5.11 Å². The predicted octanol–water partition coefficient (Wildman–Crippen LogP) is 3.60. The number of aliphatic hydroxyl groups excluding tert-OH is 1. The van der Waals surface area contributed by atoms with Gasteiger partial charge in [-0.1, -0.05) is 30.2 Å². The maximum absolute atomic E-state index is 13.9. The van der Waals surface area contributed by atoms with E-state index in [4.69, 9.17) is 11.6 Å². The van der Waals surface area contributed by atoms with Crippen molar-refractivity contribution >= 4 is 11.6 Å². The summed E-state index contributed by atoms with van der Waals surface area (Å²) in [4.78, 5) is 2.27. The summed E-state index contributed by atoms with van der Waals surface area (Å²) in [6, 6.07) is 5.49. The monoisotopic (exact) mass is 285 g/mol. The van der Waals surface area contributed by atoms with Crippen molar-refractivity contribution in [3.8, 4) is 0 Å². The Kier molecular flexibility index (Phi) is 5.20. The van der Waals surface area contributed by atoms with Gasteiger partial charge in [-0.3, -0.25) is 4.90 Å². The highest BCUT2D eigenvalue weighted by Gasteiger charge is 2.24. The molecule has 2 unspecified atom stereocenters. The highest BCUT2D eigenvalue weighted by Crippen LogP contribution is 2.25. The molecule has 0 saturated carbocycles. The topological polar surface area (TPSA) is 23.5 Å². The Balaban J connectivity index is 2.08. The van der Waals surface area contributed by atoms with Crippen LogP contribution in [0.5, 0.6) is 0 Å². The van der Waals surface area contributed by atoms with E-state index in [1.807, 2.05) is 6.92 Å². The summed E-state index contributed by atoms with van der Waals surface area (Å²) in [6.07, 6.45) is 3.84. The highest BCUT2D eigenvalue weighted by molar-refractivity contribution is 6.30. The van der Waals surface area contributed by atoms with Crippen LogP contribution < -0.4 is 0 Å². The van der Waals surface area contributed by atoms with Crippen LogP contribution in [0.3, 0.4) is 0 Å². The fraction of sp³-hybridized carbons (Fsp3) is 0.600. The summed E-state index contributed by atoms with van der Waals surface area (Å²) < 4.78 is 13.9. The van der Waals surface area contributed by atoms with Gasteiger partial charge >= 0.3 is 0 Å². The summed E-state index contributed by atoms with van der Waals surface area (Å²) in [5.74, 6) is -0.314. The van der Waals surface area contributed by atoms with Gasteiger partial charge in [-0.05, 0) is 38.8 Å². The molecule has 1 fully saturated rings. The van der Waals surface area contributed by atoms with Crippen LogP contribution in [-0.4, -0.2) is 28.7 Å². The molecule has 4 heteroatoms. The van der Waals surface area contributed by atoms with Crippen LogP contribution in [0.15, 0.2) is 18.2 Å². The second-order valence-electron chi connectivity index (χ2n) is 5.42. The Hall–Kier alpha value is -0.640. The molecule has 1 N–H and O–H groups in total. The van der Waals surface area contributed by atoms with Crippen molar-refractivity contribution < 1.29 is 9.50 Å². The van der Waals surface area contributed by atoms with E-state index in [1.54, 1.807) is 18.2 Å². The van der Waals surface area contributed by atoms with Gasteiger partial charge in [0.2, 0.25) is 0 Å². The van der Waals surface area contributed by atoms with Crippen molar-refractivity contribution in [1.29, 1.82) is 0 Å². The van der Waals surface area contributed by atoms with E-state index >= 15 is 0 Å². The zero-order valence-electron chi connectivity index (χ0n) is 11.3. The summed E-state index contributed by atoms with van der Waals surface area (Å²) in [5, 5.41) is 9.75. The SMILES string of the molecule is CC(O)CC1CCCCN1Cc1cccc(Cl)c1F. The number of rotatable bonds is 4. The summed E-state index contributed by atoms with van der Waals surface area (Å²) in [5.41, 5.74) is 0.644. The van der Waals surface area contributed by atoms with Gasteiger partial charge in [-0.25, -0.2) is 4.39 Å². The zero-order chi connectivity index (χ0) is 13.8. The molecule has 1 aliphatic rings. The summed E-state index contributed by atoms with van der Waals surface area (Å²) in [6.45, 7) is 3.35. The van der Waals surface area contributed by atoms with Crippen LogP contribution >= 0.6 is 11.6 Å². The Labute approximate surface area is 119 Å². The van der Waals surface area contributed by atoms with E-state index in [9.17, 15) is 9.50 Å². The van der Waals surface area contributed by atoms with Crippen molar-refractivity contribution in [3.63, 3.8) is 0 Å². The minimum absolute atomic E-state index is 0.182. The molecule has 1 saturated heterocycles. The van der Waals surface area contributed by atoms with Crippen LogP contribution in [0.25, 0.3) is 0 Å². The van der Waals surface area contributed by atoms with Crippen molar-refractivity contribution in [2.24, 2.45) is 0 Å². The van der Waals surface area contributed by atoms with E-state index in [0.29, 0.717) is 18.2 Å². The molecule has 0 amide bonds. The first-order chi connectivity index (χ1) is 9.08. The first-order valence-corrected chi connectivity index (χ1v) is 7.30. The van der Waals surface area contributed by atoms with Gasteiger partial charge in [-0.15, -0.1) is 0 Å². The molecular weight excluding hydrogens is 265 g/mol. The molecule has 1 aliphatic heterocycles. The van der Waals surface area contributed by atoms with Gasteiger partial charge in [0.15, 0.2) is 0 Å². The maximum atomic E-state index is 13.9. The standard InChI is InChI=1S/C15H21ClFNO/c1-11(19)9-13-6-2-3-8-18(13)10-12-5-4-7-14(16)15(12)17/h4-5,7,11,13,19H,2-3,6,8-10H2,1H3. The van der Waals surface area contributed by atoms with Crippen molar-refractivity contribution in [3.05, 3.63) is 34.6 Å². The number of piperidine rings is 1. The lowest BCUT2D eigenvalue weighted by molar-refractivity contribution is 0.0810. The third kappa shape index (κ3) is 3.91. The number of aliphatic hydroxyl groups is 1. The molecule has 19 heavy (non-hydrogen) atoms. The molecule has 0 aromatic heterocycles. The minimum atomic E-state index is -0.314. The number of nitrogens with zero attached hydrogens (tertiary/aromatic N) is 1. The minimum Gasteiger partial charge on any atom is -0.393 e. The Morgan fingerprint density at radius 2 is 2.26 bits per heavy atom. The highest BCUT2D eigenvalue weighted by atomic mass is 35.5. The van der Waals surface area contributed by atoms with Gasteiger partial charge in [0.05, 0.1) is 11.1 Å². The second kappa shape index (κ2) is 6.69. The van der Waals surface area contributed by atoms with Crippen LogP contribution in [-0.2, 0) is 6.54 Å². The summed E-state index contributed by atoms with van der Waals surface area (Å²) in [7, 11) is 0. The fourth-order valence-electron chi connectivity index (χ4n) is 2.82. The lowest BCUT2D eigenvalue weighted by Crippen LogP contribution is -2.40. The first kappa shape index (κ1) is 14.8. The molecule has 1 heterocycles. The van der Waals surface area contributed by atoms with Crippen LogP contribution in [0.2, 0.25) is 5.02 Å².